The first-order chi connectivity index (χ1) is 25.8. The zero-order valence-electron chi connectivity index (χ0n) is 36.6. The molecule has 0 radical (unpaired) electrons. The van der Waals surface area contributed by atoms with Gasteiger partial charge in [0.15, 0.2) is 26.5 Å². The fraction of sp³-hybridized carbons (Fsp3) is 0.744. The molecule has 12 nitrogen and oxygen atoms in total. The highest BCUT2D eigenvalue weighted by Gasteiger charge is 2.51. The number of hydrogen-bond acceptors (Lipinski definition) is 12. The van der Waals surface area contributed by atoms with Crippen molar-refractivity contribution in [3.8, 4) is 0 Å². The van der Waals surface area contributed by atoms with E-state index in [0.29, 0.717) is 12.0 Å². The molecule has 0 bridgehead atoms. The van der Waals surface area contributed by atoms with Gasteiger partial charge in [-0.2, -0.15) is 0 Å². The predicted molar refractivity (Wildman–Crippen MR) is 218 cm³/mol. The second-order valence-electron chi connectivity index (χ2n) is 18.2. The SMILES string of the molecule is CC[C@H]1OC(=O)[C@H](C)[C@@H](O)[C@H](C)[C@@H](O[C@@H]2O[C@H](C)C[C@H](N(C)C)[C@H]2OC(=O)c2ccccc2)[C@](C)(OC)C[C@@H](C)C(=O)/C(C)=C/[C@@]1(O)CO[Si](C)(C)C(C)(C)C. The highest BCUT2D eigenvalue weighted by Crippen LogP contribution is 2.40. The van der Waals surface area contributed by atoms with Gasteiger partial charge in [-0.1, -0.05) is 59.7 Å². The van der Waals surface area contributed by atoms with Crippen LogP contribution in [0.5, 0.6) is 0 Å². The van der Waals surface area contributed by atoms with Crippen molar-refractivity contribution in [3.05, 3.63) is 47.5 Å². The van der Waals surface area contributed by atoms with Crippen molar-refractivity contribution < 1.29 is 52.7 Å². The molecule has 1 saturated heterocycles. The zero-order chi connectivity index (χ0) is 42.6. The molecule has 2 heterocycles. The van der Waals surface area contributed by atoms with Crippen molar-refractivity contribution in [3.63, 3.8) is 0 Å². The smallest absolute Gasteiger partial charge is 0.338 e. The Morgan fingerprint density at radius 2 is 1.68 bits per heavy atom. The molecule has 1 aromatic carbocycles. The van der Waals surface area contributed by atoms with Gasteiger partial charge in [-0.25, -0.2) is 4.79 Å². The van der Waals surface area contributed by atoms with Gasteiger partial charge in [0, 0.05) is 18.9 Å². The summed E-state index contributed by atoms with van der Waals surface area (Å²) in [5, 5.41) is 24.2. The lowest BCUT2D eigenvalue weighted by Gasteiger charge is -2.48. The number of carbonyl (C=O) groups is 3. The van der Waals surface area contributed by atoms with Crippen LogP contribution in [0.2, 0.25) is 18.1 Å². The first-order valence-corrected chi connectivity index (χ1v) is 23.0. The molecule has 2 N–H and O–H groups in total. The number of ketones is 1. The van der Waals surface area contributed by atoms with Crippen LogP contribution in [-0.4, -0.2) is 123 Å². The number of aliphatic hydroxyl groups is 2. The summed E-state index contributed by atoms with van der Waals surface area (Å²) in [6.45, 7) is 22.5. The average molecular weight is 806 g/mol. The van der Waals surface area contributed by atoms with Crippen LogP contribution in [-0.2, 0) is 37.7 Å². The molecule has 0 aromatic heterocycles. The van der Waals surface area contributed by atoms with Gasteiger partial charge in [0.25, 0.3) is 0 Å². The van der Waals surface area contributed by atoms with E-state index in [9.17, 15) is 24.6 Å². The minimum atomic E-state index is -2.39. The molecule has 56 heavy (non-hydrogen) atoms. The summed E-state index contributed by atoms with van der Waals surface area (Å²) < 4.78 is 38.3. The largest absolute Gasteiger partial charge is 0.459 e. The normalized spacial score (nSPS) is 36.6. The van der Waals surface area contributed by atoms with Gasteiger partial charge in [0.2, 0.25) is 0 Å². The van der Waals surface area contributed by atoms with Crippen molar-refractivity contribution in [1.82, 2.24) is 4.90 Å². The first kappa shape index (κ1) is 47.9. The second kappa shape index (κ2) is 19.1. The summed E-state index contributed by atoms with van der Waals surface area (Å²) in [5.74, 6) is -4.05. The summed E-state index contributed by atoms with van der Waals surface area (Å²) in [4.78, 5) is 43.7. The standard InChI is InChI=1S/C43H71NO11Si/c1-16-33-43(49,25-51-56(14,15)41(7,8)9)24-27(3)34(45)26(2)23-42(10,50-13)37(29(5)35(46)30(6)38(47)53-33)55-40-36(32(44(11)12)22-28(4)52-40)54-39(48)31-20-18-17-19-21-31/h17-21,24,26,28-30,32-33,35-37,40,46,49H,16,22-23,25H2,1-15H3/b27-24+/t26-,28-,29+,30-,32+,33-,35+,36-,37-,40+,42-,43-/m1/s1. The van der Waals surface area contributed by atoms with E-state index < -0.39 is 79.9 Å². The number of esters is 2. The van der Waals surface area contributed by atoms with Gasteiger partial charge in [0.1, 0.15) is 11.7 Å². The Hall–Kier alpha value is -2.49. The van der Waals surface area contributed by atoms with Crippen molar-refractivity contribution in [2.24, 2.45) is 17.8 Å². The first-order valence-electron chi connectivity index (χ1n) is 20.1. The maximum Gasteiger partial charge on any atom is 0.338 e. The van der Waals surface area contributed by atoms with Crippen LogP contribution < -0.4 is 0 Å². The third-order valence-corrected chi connectivity index (χ3v) is 16.9. The van der Waals surface area contributed by atoms with Crippen molar-refractivity contribution in [2.75, 3.05) is 27.8 Å². The van der Waals surface area contributed by atoms with Crippen LogP contribution in [0.25, 0.3) is 0 Å². The maximum absolute atomic E-state index is 14.2. The summed E-state index contributed by atoms with van der Waals surface area (Å²) in [7, 11) is 2.92. The van der Waals surface area contributed by atoms with Crippen molar-refractivity contribution in [2.45, 2.75) is 161 Å². The quantitative estimate of drug-likeness (QED) is 0.201. The Balaban J connectivity index is 2.14. The number of methoxy groups -OCH3 is 1. The molecule has 318 valence electrons. The van der Waals surface area contributed by atoms with Crippen molar-refractivity contribution >= 4 is 26.0 Å². The number of carbonyl (C=O) groups excluding carboxylic acids is 3. The number of likely N-dealkylation sites (N-methyl/N-ethyl adjacent to an activating group) is 1. The van der Waals surface area contributed by atoms with E-state index >= 15 is 0 Å². The van der Waals surface area contributed by atoms with Gasteiger partial charge >= 0.3 is 11.9 Å². The Bertz CT molecular complexity index is 1510. The van der Waals surface area contributed by atoms with E-state index in [1.54, 1.807) is 65.8 Å². The van der Waals surface area contributed by atoms with Crippen LogP contribution in [0.15, 0.2) is 42.0 Å². The number of rotatable bonds is 10. The number of allylic oxidation sites excluding steroid dienone is 1. The van der Waals surface area contributed by atoms with Crippen LogP contribution in [0.4, 0.5) is 0 Å². The van der Waals surface area contributed by atoms with E-state index in [1.807, 2.05) is 32.0 Å². The highest BCUT2D eigenvalue weighted by atomic mass is 28.4. The molecule has 2 aliphatic heterocycles. The highest BCUT2D eigenvalue weighted by molar-refractivity contribution is 6.74. The number of nitrogens with zero attached hydrogens (tertiary/aromatic N) is 1. The molecule has 0 aliphatic carbocycles. The van der Waals surface area contributed by atoms with E-state index in [1.165, 1.54) is 13.2 Å². The molecule has 0 spiro atoms. The molecule has 3 rings (SSSR count). The Labute approximate surface area is 336 Å². The Morgan fingerprint density at radius 1 is 1.07 bits per heavy atom. The number of cyclic esters (lactones) is 1. The molecular formula is C43H71NO11Si. The molecule has 0 unspecified atom stereocenters. The van der Waals surface area contributed by atoms with Crippen molar-refractivity contribution in [1.29, 1.82) is 0 Å². The summed E-state index contributed by atoms with van der Waals surface area (Å²) in [5.41, 5.74) is -2.42. The van der Waals surface area contributed by atoms with Crippen LogP contribution >= 0.6 is 0 Å². The maximum atomic E-state index is 14.2. The number of hydrogen-bond donors (Lipinski definition) is 2. The van der Waals surface area contributed by atoms with Gasteiger partial charge in [-0.15, -0.1) is 0 Å². The lowest BCUT2D eigenvalue weighted by atomic mass is 9.76. The van der Waals surface area contributed by atoms with Gasteiger partial charge in [0.05, 0.1) is 48.0 Å². The fourth-order valence-electron chi connectivity index (χ4n) is 7.65. The fourth-order valence-corrected chi connectivity index (χ4v) is 8.68. The summed E-state index contributed by atoms with van der Waals surface area (Å²) >= 11 is 0. The Morgan fingerprint density at radius 3 is 2.21 bits per heavy atom. The number of benzene rings is 1. The van der Waals surface area contributed by atoms with Crippen LogP contribution in [0.3, 0.4) is 0 Å². The molecule has 1 aromatic rings. The van der Waals surface area contributed by atoms with E-state index in [-0.39, 0.29) is 48.0 Å². The van der Waals surface area contributed by atoms with Crippen LogP contribution in [0, 0.1) is 17.8 Å². The predicted octanol–water partition coefficient (Wildman–Crippen LogP) is 6.33. The number of aliphatic hydroxyl groups excluding tert-OH is 1. The minimum Gasteiger partial charge on any atom is -0.459 e. The lowest BCUT2D eigenvalue weighted by molar-refractivity contribution is -0.300. The number of Topliss-reactive ketones (excluding diaryl/α,β-unsaturated/α-hetero) is 1. The van der Waals surface area contributed by atoms with Gasteiger partial charge in [-0.3, -0.25) is 9.59 Å². The molecule has 2 aliphatic rings. The van der Waals surface area contributed by atoms with E-state index in [4.69, 9.17) is 28.1 Å². The lowest BCUT2D eigenvalue weighted by Crippen LogP contribution is -2.60. The topological polar surface area (TPSA) is 150 Å². The number of ether oxygens (including phenoxy) is 5. The Kier molecular flexibility index (Phi) is 16.3. The van der Waals surface area contributed by atoms with Gasteiger partial charge in [-0.05, 0) is 103 Å². The molecule has 1 fully saturated rings. The van der Waals surface area contributed by atoms with Gasteiger partial charge < -0.3 is 43.2 Å². The summed E-state index contributed by atoms with van der Waals surface area (Å²) in [6.07, 6.45) is -3.33. The monoisotopic (exact) mass is 805 g/mol. The minimum absolute atomic E-state index is 0.137. The molecule has 13 heteroatoms. The molecule has 0 amide bonds. The van der Waals surface area contributed by atoms with Crippen LogP contribution in [0.1, 0.15) is 98.9 Å². The second-order valence-corrected chi connectivity index (χ2v) is 23.0. The zero-order valence-corrected chi connectivity index (χ0v) is 37.6. The molecular weight excluding hydrogens is 735 g/mol. The third kappa shape index (κ3) is 11.2. The third-order valence-electron chi connectivity index (χ3n) is 12.4. The summed E-state index contributed by atoms with van der Waals surface area (Å²) in [6, 6.07) is 8.38. The van der Waals surface area contributed by atoms with E-state index in [2.05, 4.69) is 33.9 Å². The molecule has 12 atom stereocenters. The van der Waals surface area contributed by atoms with E-state index in [0.717, 1.165) is 0 Å². The molecule has 0 saturated carbocycles. The average Bonchev–Trinajstić information content (AvgIpc) is 3.13.